The van der Waals surface area contributed by atoms with E-state index in [0.29, 0.717) is 33.8 Å². The summed E-state index contributed by atoms with van der Waals surface area (Å²) in [6.07, 6.45) is 0.117. The fourth-order valence-electron chi connectivity index (χ4n) is 2.90. The number of carbonyl (C=O) groups is 2. The topological polar surface area (TPSA) is 58.6 Å². The number of carbonyl (C=O) groups excluding carboxylic acids is 2. The summed E-state index contributed by atoms with van der Waals surface area (Å²) in [4.78, 5) is 26.5. The van der Waals surface area contributed by atoms with Gasteiger partial charge in [0.2, 0.25) is 11.8 Å². The summed E-state index contributed by atoms with van der Waals surface area (Å²) in [5.41, 5.74) is 1.11. The van der Waals surface area contributed by atoms with Crippen LogP contribution >= 0.6 is 23.2 Å². The minimum Gasteiger partial charge on any atom is -0.492 e. The highest BCUT2D eigenvalue weighted by Gasteiger charge is 2.36. The summed E-state index contributed by atoms with van der Waals surface area (Å²) in [5.74, 6) is -0.270. The molecule has 0 radical (unpaired) electrons. The molecule has 2 amide bonds. The van der Waals surface area contributed by atoms with Crippen LogP contribution in [-0.4, -0.2) is 25.0 Å². The summed E-state index contributed by atoms with van der Waals surface area (Å²) in [5, 5.41) is 3.54. The summed E-state index contributed by atoms with van der Waals surface area (Å²) in [6.45, 7) is 2.62. The number of halogens is 2. The predicted molar refractivity (Wildman–Crippen MR) is 103 cm³/mol. The zero-order valence-corrected chi connectivity index (χ0v) is 15.7. The number of ether oxygens (including phenoxy) is 1. The van der Waals surface area contributed by atoms with Crippen LogP contribution in [-0.2, 0) is 9.59 Å². The number of hydrogen-bond acceptors (Lipinski definition) is 3. The molecule has 1 aliphatic heterocycles. The minimum atomic E-state index is -0.479. The van der Waals surface area contributed by atoms with Gasteiger partial charge in [-0.2, -0.15) is 0 Å². The number of benzene rings is 2. The zero-order valence-electron chi connectivity index (χ0n) is 14.2. The Labute approximate surface area is 161 Å². The lowest BCUT2D eigenvalue weighted by Gasteiger charge is -2.19. The van der Waals surface area contributed by atoms with E-state index >= 15 is 0 Å². The molecule has 0 saturated carbocycles. The van der Waals surface area contributed by atoms with E-state index in [9.17, 15) is 9.59 Å². The first-order valence-electron chi connectivity index (χ1n) is 8.28. The second kappa shape index (κ2) is 7.98. The highest BCUT2D eigenvalue weighted by molar-refractivity contribution is 6.44. The predicted octanol–water partition coefficient (Wildman–Crippen LogP) is 4.38. The lowest BCUT2D eigenvalue weighted by atomic mass is 10.1. The van der Waals surface area contributed by atoms with Crippen LogP contribution in [0.3, 0.4) is 0 Å². The smallest absolute Gasteiger partial charge is 0.229 e. The fraction of sp³-hybridized carbons (Fsp3) is 0.263. The third kappa shape index (κ3) is 3.79. The number of hydrogen-bond donors (Lipinski definition) is 1. The summed E-state index contributed by atoms with van der Waals surface area (Å²) in [6, 6.07) is 12.3. The standard InChI is InChI=1S/C19H18Cl2N2O3/c1-2-26-16-9-4-3-7-14(16)22-19(25)12-10-17(24)23(11-12)15-8-5-6-13(20)18(15)21/h3-9,12H,2,10-11H2,1H3,(H,22,25). The average Bonchev–Trinajstić information content (AvgIpc) is 3.01. The number of rotatable bonds is 5. The van der Waals surface area contributed by atoms with E-state index in [1.807, 2.05) is 19.1 Å². The molecule has 0 aromatic heterocycles. The summed E-state index contributed by atoms with van der Waals surface area (Å²) >= 11 is 12.2. The van der Waals surface area contributed by atoms with Crippen LogP contribution in [0.1, 0.15) is 13.3 Å². The van der Waals surface area contributed by atoms with Gasteiger partial charge in [0.05, 0.1) is 33.9 Å². The van der Waals surface area contributed by atoms with Crippen LogP contribution in [0.5, 0.6) is 5.75 Å². The molecule has 1 fully saturated rings. The number of nitrogens with one attached hydrogen (secondary N) is 1. The SMILES string of the molecule is CCOc1ccccc1NC(=O)C1CC(=O)N(c2cccc(Cl)c2Cl)C1. The highest BCUT2D eigenvalue weighted by Crippen LogP contribution is 2.36. The van der Waals surface area contributed by atoms with Crippen LogP contribution in [0.2, 0.25) is 10.0 Å². The summed E-state index contributed by atoms with van der Waals surface area (Å²) in [7, 11) is 0. The molecule has 2 aromatic rings. The maximum absolute atomic E-state index is 12.6. The Morgan fingerprint density at radius 1 is 1.23 bits per heavy atom. The molecule has 0 aliphatic carbocycles. The molecule has 0 bridgehead atoms. The van der Waals surface area contributed by atoms with Gasteiger partial charge in [-0.3, -0.25) is 9.59 Å². The van der Waals surface area contributed by atoms with Crippen molar-refractivity contribution in [1.82, 2.24) is 0 Å². The molecule has 2 aromatic carbocycles. The first-order valence-corrected chi connectivity index (χ1v) is 9.04. The van der Waals surface area contributed by atoms with Gasteiger partial charge >= 0.3 is 0 Å². The van der Waals surface area contributed by atoms with Crippen LogP contribution in [0.15, 0.2) is 42.5 Å². The van der Waals surface area contributed by atoms with Crippen LogP contribution < -0.4 is 15.0 Å². The van der Waals surface area contributed by atoms with Crippen molar-refractivity contribution in [3.63, 3.8) is 0 Å². The Morgan fingerprint density at radius 3 is 2.77 bits per heavy atom. The lowest BCUT2D eigenvalue weighted by molar-refractivity contribution is -0.122. The van der Waals surface area contributed by atoms with Crippen LogP contribution in [0.25, 0.3) is 0 Å². The second-order valence-corrected chi connectivity index (χ2v) is 6.68. The van der Waals surface area contributed by atoms with E-state index in [1.165, 1.54) is 4.90 Å². The monoisotopic (exact) mass is 392 g/mol. The van der Waals surface area contributed by atoms with Gasteiger partial charge in [-0.05, 0) is 31.2 Å². The van der Waals surface area contributed by atoms with Crippen molar-refractivity contribution in [2.24, 2.45) is 5.92 Å². The van der Waals surface area contributed by atoms with E-state index < -0.39 is 5.92 Å². The third-order valence-corrected chi connectivity index (χ3v) is 4.97. The van der Waals surface area contributed by atoms with E-state index in [0.717, 1.165) is 0 Å². The van der Waals surface area contributed by atoms with Gasteiger partial charge in [0.25, 0.3) is 0 Å². The minimum absolute atomic E-state index is 0.117. The molecule has 7 heteroatoms. The van der Waals surface area contributed by atoms with Crippen molar-refractivity contribution in [3.8, 4) is 5.75 Å². The molecule has 5 nitrogen and oxygen atoms in total. The molecule has 1 heterocycles. The maximum atomic E-state index is 12.6. The van der Waals surface area contributed by atoms with Crippen molar-refractivity contribution in [1.29, 1.82) is 0 Å². The van der Waals surface area contributed by atoms with Gasteiger partial charge in [-0.15, -0.1) is 0 Å². The first kappa shape index (κ1) is 18.5. The Morgan fingerprint density at radius 2 is 2.00 bits per heavy atom. The first-order chi connectivity index (χ1) is 12.5. The van der Waals surface area contributed by atoms with Crippen LogP contribution in [0.4, 0.5) is 11.4 Å². The van der Waals surface area contributed by atoms with Crippen molar-refractivity contribution >= 4 is 46.4 Å². The van der Waals surface area contributed by atoms with Crippen molar-refractivity contribution in [2.45, 2.75) is 13.3 Å². The Balaban J connectivity index is 1.74. The molecule has 1 atom stereocenters. The second-order valence-electron chi connectivity index (χ2n) is 5.90. The van der Waals surface area contributed by atoms with E-state index in [1.54, 1.807) is 30.3 Å². The maximum Gasteiger partial charge on any atom is 0.229 e. The lowest BCUT2D eigenvalue weighted by Crippen LogP contribution is -2.28. The Kier molecular flexibility index (Phi) is 5.69. The molecule has 1 N–H and O–H groups in total. The van der Waals surface area contributed by atoms with Gasteiger partial charge in [-0.1, -0.05) is 41.4 Å². The molecule has 0 spiro atoms. The van der Waals surface area contributed by atoms with Crippen LogP contribution in [0, 0.1) is 5.92 Å². The van der Waals surface area contributed by atoms with E-state index in [-0.39, 0.29) is 24.8 Å². The van der Waals surface area contributed by atoms with E-state index in [2.05, 4.69) is 5.32 Å². The van der Waals surface area contributed by atoms with Gasteiger partial charge in [0, 0.05) is 13.0 Å². The molecular formula is C19H18Cl2N2O3. The molecule has 136 valence electrons. The largest absolute Gasteiger partial charge is 0.492 e. The quantitative estimate of drug-likeness (QED) is 0.820. The van der Waals surface area contributed by atoms with Gasteiger partial charge in [0.15, 0.2) is 0 Å². The molecular weight excluding hydrogens is 375 g/mol. The highest BCUT2D eigenvalue weighted by atomic mass is 35.5. The third-order valence-electron chi connectivity index (χ3n) is 4.16. The number of anilines is 2. The molecule has 1 aliphatic rings. The van der Waals surface area contributed by atoms with Gasteiger partial charge in [0.1, 0.15) is 5.75 Å². The fourth-order valence-corrected chi connectivity index (χ4v) is 3.30. The van der Waals surface area contributed by atoms with E-state index in [4.69, 9.17) is 27.9 Å². The molecule has 1 saturated heterocycles. The van der Waals surface area contributed by atoms with Gasteiger partial charge in [-0.25, -0.2) is 0 Å². The van der Waals surface area contributed by atoms with Crippen molar-refractivity contribution in [3.05, 3.63) is 52.5 Å². The molecule has 3 rings (SSSR count). The number of amides is 2. The van der Waals surface area contributed by atoms with Crippen molar-refractivity contribution < 1.29 is 14.3 Å². The number of nitrogens with zero attached hydrogens (tertiary/aromatic N) is 1. The zero-order chi connectivity index (χ0) is 18.7. The van der Waals surface area contributed by atoms with Gasteiger partial charge < -0.3 is 15.0 Å². The molecule has 1 unspecified atom stereocenters. The number of para-hydroxylation sites is 2. The average molecular weight is 393 g/mol. The summed E-state index contributed by atoms with van der Waals surface area (Å²) < 4.78 is 5.52. The Bertz CT molecular complexity index is 841. The Hall–Kier alpha value is -2.24. The van der Waals surface area contributed by atoms with Crippen molar-refractivity contribution in [2.75, 3.05) is 23.4 Å². The normalized spacial score (nSPS) is 16.7. The molecule has 26 heavy (non-hydrogen) atoms.